The Morgan fingerprint density at radius 2 is 1.95 bits per heavy atom. The predicted octanol–water partition coefficient (Wildman–Crippen LogP) is 2.04. The van der Waals surface area contributed by atoms with E-state index in [4.69, 9.17) is 10.5 Å². The third-order valence-corrected chi connectivity index (χ3v) is 2.84. The topological polar surface area (TPSA) is 68.4 Å². The number of rotatable bonds is 6. The van der Waals surface area contributed by atoms with Gasteiger partial charge in [-0.3, -0.25) is 0 Å². The summed E-state index contributed by atoms with van der Waals surface area (Å²) in [6, 6.07) is 13.3. The first-order valence-corrected chi connectivity index (χ1v) is 6.31. The molecular formula is C15H18N2O2. The lowest BCUT2D eigenvalue weighted by Crippen LogP contribution is -2.16. The van der Waals surface area contributed by atoms with Gasteiger partial charge in [-0.25, -0.2) is 4.98 Å². The van der Waals surface area contributed by atoms with E-state index in [1.807, 2.05) is 42.5 Å². The van der Waals surface area contributed by atoms with Crippen molar-refractivity contribution in [3.05, 3.63) is 54.2 Å². The molecule has 0 amide bonds. The van der Waals surface area contributed by atoms with E-state index in [9.17, 15) is 5.11 Å². The molecule has 19 heavy (non-hydrogen) atoms. The number of benzene rings is 1. The van der Waals surface area contributed by atoms with Crippen LogP contribution in [0.3, 0.4) is 0 Å². The number of nitrogens with zero attached hydrogens (tertiary/aromatic N) is 1. The summed E-state index contributed by atoms with van der Waals surface area (Å²) in [6.07, 6.45) is 2.22. The van der Waals surface area contributed by atoms with Gasteiger partial charge in [0, 0.05) is 19.0 Å². The van der Waals surface area contributed by atoms with Crippen LogP contribution >= 0.6 is 0 Å². The predicted molar refractivity (Wildman–Crippen MR) is 74.9 cm³/mol. The summed E-state index contributed by atoms with van der Waals surface area (Å²) in [4.78, 5) is 4.00. The van der Waals surface area contributed by atoms with Gasteiger partial charge in [0.15, 0.2) is 0 Å². The molecule has 2 aromatic rings. The van der Waals surface area contributed by atoms with Gasteiger partial charge in [0.2, 0.25) is 0 Å². The molecule has 1 atom stereocenters. The van der Waals surface area contributed by atoms with Gasteiger partial charge in [-0.15, -0.1) is 0 Å². The van der Waals surface area contributed by atoms with E-state index in [-0.39, 0.29) is 0 Å². The van der Waals surface area contributed by atoms with E-state index < -0.39 is 6.10 Å². The van der Waals surface area contributed by atoms with Crippen molar-refractivity contribution in [1.29, 1.82) is 0 Å². The first kappa shape index (κ1) is 13.4. The highest BCUT2D eigenvalue weighted by Crippen LogP contribution is 2.13. The lowest BCUT2D eigenvalue weighted by molar-refractivity contribution is 0.139. The highest BCUT2D eigenvalue weighted by atomic mass is 16.5. The van der Waals surface area contributed by atoms with Crippen LogP contribution in [0.1, 0.15) is 12.0 Å². The van der Waals surface area contributed by atoms with E-state index in [2.05, 4.69) is 4.98 Å². The number of nitrogen functional groups attached to an aromatic ring is 1. The SMILES string of the molecule is Nc1ncccc1CC(O)CCOc1ccccc1. The normalized spacial score (nSPS) is 12.1. The maximum atomic E-state index is 9.94. The summed E-state index contributed by atoms with van der Waals surface area (Å²) in [5.41, 5.74) is 6.61. The fourth-order valence-electron chi connectivity index (χ4n) is 1.81. The largest absolute Gasteiger partial charge is 0.493 e. The van der Waals surface area contributed by atoms with E-state index in [1.54, 1.807) is 6.20 Å². The summed E-state index contributed by atoms with van der Waals surface area (Å²) in [5, 5.41) is 9.94. The van der Waals surface area contributed by atoms with Gasteiger partial charge >= 0.3 is 0 Å². The zero-order valence-corrected chi connectivity index (χ0v) is 10.7. The number of hydrogen-bond donors (Lipinski definition) is 2. The van der Waals surface area contributed by atoms with Gasteiger partial charge in [0.25, 0.3) is 0 Å². The second-order valence-corrected chi connectivity index (χ2v) is 4.36. The van der Waals surface area contributed by atoms with Crippen molar-refractivity contribution in [2.75, 3.05) is 12.3 Å². The second kappa shape index (κ2) is 6.75. The van der Waals surface area contributed by atoms with Crippen molar-refractivity contribution in [2.24, 2.45) is 0 Å². The van der Waals surface area contributed by atoms with Crippen LogP contribution in [0.4, 0.5) is 5.82 Å². The van der Waals surface area contributed by atoms with Gasteiger partial charge in [-0.2, -0.15) is 0 Å². The third-order valence-electron chi connectivity index (χ3n) is 2.84. The standard InChI is InChI=1S/C15H18N2O2/c16-15-12(5-4-9-17-15)11-13(18)8-10-19-14-6-2-1-3-7-14/h1-7,9,13,18H,8,10-11H2,(H2,16,17). The molecule has 0 bridgehead atoms. The Bertz CT molecular complexity index is 503. The fraction of sp³-hybridized carbons (Fsp3) is 0.267. The average Bonchev–Trinajstić information content (AvgIpc) is 2.43. The third kappa shape index (κ3) is 4.26. The van der Waals surface area contributed by atoms with E-state index in [0.717, 1.165) is 11.3 Å². The first-order valence-electron chi connectivity index (χ1n) is 6.31. The molecule has 0 radical (unpaired) electrons. The van der Waals surface area contributed by atoms with Crippen molar-refractivity contribution >= 4 is 5.82 Å². The molecule has 1 aromatic heterocycles. The molecule has 0 fully saturated rings. The smallest absolute Gasteiger partial charge is 0.126 e. The number of pyridine rings is 1. The van der Waals surface area contributed by atoms with E-state index in [0.29, 0.717) is 25.3 Å². The quantitative estimate of drug-likeness (QED) is 0.832. The van der Waals surface area contributed by atoms with Gasteiger partial charge < -0.3 is 15.6 Å². The van der Waals surface area contributed by atoms with Crippen LogP contribution in [0.15, 0.2) is 48.7 Å². The van der Waals surface area contributed by atoms with Crippen LogP contribution < -0.4 is 10.5 Å². The zero-order valence-electron chi connectivity index (χ0n) is 10.7. The number of nitrogens with two attached hydrogens (primary N) is 1. The molecule has 100 valence electrons. The Morgan fingerprint density at radius 1 is 1.16 bits per heavy atom. The molecule has 3 N–H and O–H groups in total. The molecule has 1 heterocycles. The number of aromatic nitrogens is 1. The van der Waals surface area contributed by atoms with E-state index >= 15 is 0 Å². The summed E-state index contributed by atoms with van der Waals surface area (Å²) in [5.74, 6) is 1.29. The van der Waals surface area contributed by atoms with Crippen LogP contribution in [0.5, 0.6) is 5.75 Å². The molecule has 1 unspecified atom stereocenters. The molecular weight excluding hydrogens is 240 g/mol. The number of anilines is 1. The lowest BCUT2D eigenvalue weighted by Gasteiger charge is -2.12. The van der Waals surface area contributed by atoms with Gasteiger partial charge in [-0.1, -0.05) is 24.3 Å². The van der Waals surface area contributed by atoms with Crippen molar-refractivity contribution < 1.29 is 9.84 Å². The number of hydrogen-bond acceptors (Lipinski definition) is 4. The molecule has 4 heteroatoms. The fourth-order valence-corrected chi connectivity index (χ4v) is 1.81. The summed E-state index contributed by atoms with van der Waals surface area (Å²) >= 11 is 0. The molecule has 2 rings (SSSR count). The molecule has 1 aromatic carbocycles. The molecule has 0 saturated carbocycles. The summed E-state index contributed by atoms with van der Waals surface area (Å²) < 4.78 is 5.54. The van der Waals surface area contributed by atoms with Crippen LogP contribution in [0.2, 0.25) is 0 Å². The Morgan fingerprint density at radius 3 is 2.68 bits per heavy atom. The van der Waals surface area contributed by atoms with Gasteiger partial charge in [-0.05, 0) is 23.8 Å². The van der Waals surface area contributed by atoms with Crippen LogP contribution in [-0.2, 0) is 6.42 Å². The van der Waals surface area contributed by atoms with E-state index in [1.165, 1.54) is 0 Å². The minimum absolute atomic E-state index is 0.477. The minimum atomic E-state index is -0.477. The monoisotopic (exact) mass is 258 g/mol. The molecule has 4 nitrogen and oxygen atoms in total. The van der Waals surface area contributed by atoms with Crippen molar-refractivity contribution in [3.63, 3.8) is 0 Å². The Balaban J connectivity index is 1.76. The minimum Gasteiger partial charge on any atom is -0.493 e. The Hall–Kier alpha value is -2.07. The average molecular weight is 258 g/mol. The van der Waals surface area contributed by atoms with Crippen molar-refractivity contribution in [2.45, 2.75) is 18.9 Å². The maximum absolute atomic E-state index is 9.94. The number of para-hydroxylation sites is 1. The van der Waals surface area contributed by atoms with Gasteiger partial charge in [0.1, 0.15) is 11.6 Å². The number of aliphatic hydroxyl groups is 1. The number of aliphatic hydroxyl groups excluding tert-OH is 1. The van der Waals surface area contributed by atoms with Crippen molar-refractivity contribution in [3.8, 4) is 5.75 Å². The highest BCUT2D eigenvalue weighted by Gasteiger charge is 2.08. The van der Waals surface area contributed by atoms with Crippen LogP contribution in [0.25, 0.3) is 0 Å². The second-order valence-electron chi connectivity index (χ2n) is 4.36. The molecule has 0 aliphatic heterocycles. The van der Waals surface area contributed by atoms with Crippen LogP contribution in [-0.4, -0.2) is 22.8 Å². The highest BCUT2D eigenvalue weighted by molar-refractivity contribution is 5.38. The van der Waals surface area contributed by atoms with Gasteiger partial charge in [0.05, 0.1) is 12.7 Å². The van der Waals surface area contributed by atoms with Crippen molar-refractivity contribution in [1.82, 2.24) is 4.98 Å². The molecule has 0 aliphatic carbocycles. The van der Waals surface area contributed by atoms with Crippen LogP contribution in [0, 0.1) is 0 Å². The first-order chi connectivity index (χ1) is 9.25. The molecule has 0 aliphatic rings. The Labute approximate surface area is 112 Å². The maximum Gasteiger partial charge on any atom is 0.126 e. The lowest BCUT2D eigenvalue weighted by atomic mass is 10.1. The molecule has 0 spiro atoms. The summed E-state index contributed by atoms with van der Waals surface area (Å²) in [7, 11) is 0. The summed E-state index contributed by atoms with van der Waals surface area (Å²) in [6.45, 7) is 0.478. The Kier molecular flexibility index (Phi) is 4.75. The number of ether oxygens (including phenoxy) is 1. The zero-order chi connectivity index (χ0) is 13.5. The molecule has 0 saturated heterocycles.